The van der Waals surface area contributed by atoms with Gasteiger partial charge in [-0.3, -0.25) is 4.79 Å². The zero-order chi connectivity index (χ0) is 9.19. The first-order valence-electron chi connectivity index (χ1n) is 4.40. The van der Waals surface area contributed by atoms with Crippen molar-refractivity contribution in [1.29, 1.82) is 0 Å². The summed E-state index contributed by atoms with van der Waals surface area (Å²) in [5, 5.41) is 3.35. The minimum absolute atomic E-state index is 0.0348. The van der Waals surface area contributed by atoms with Crippen molar-refractivity contribution in [2.24, 2.45) is 5.92 Å². The lowest BCUT2D eigenvalue weighted by Gasteiger charge is -2.14. The smallest absolute Gasteiger partial charge is 0.309 e. The molecule has 1 saturated carbocycles. The first-order valence-corrected chi connectivity index (χ1v) is 4.40. The SMILES string of the molecule is COC(=O)C(C)CNC1(C)CC1. The van der Waals surface area contributed by atoms with Crippen molar-refractivity contribution in [3.05, 3.63) is 0 Å². The van der Waals surface area contributed by atoms with E-state index in [1.807, 2.05) is 6.92 Å². The Morgan fingerprint density at radius 2 is 2.25 bits per heavy atom. The number of esters is 1. The van der Waals surface area contributed by atoms with Crippen molar-refractivity contribution in [3.8, 4) is 0 Å². The summed E-state index contributed by atoms with van der Waals surface area (Å²) in [5.74, 6) is -0.167. The maximum absolute atomic E-state index is 11.0. The fourth-order valence-electron chi connectivity index (χ4n) is 1.05. The molecule has 1 N–H and O–H groups in total. The third-order valence-electron chi connectivity index (χ3n) is 2.44. The second-order valence-electron chi connectivity index (χ2n) is 3.87. The van der Waals surface area contributed by atoms with Gasteiger partial charge in [-0.05, 0) is 19.8 Å². The van der Waals surface area contributed by atoms with E-state index in [4.69, 9.17) is 0 Å². The fraction of sp³-hybridized carbons (Fsp3) is 0.889. The topological polar surface area (TPSA) is 38.3 Å². The van der Waals surface area contributed by atoms with Gasteiger partial charge in [0.15, 0.2) is 0 Å². The van der Waals surface area contributed by atoms with Gasteiger partial charge in [0.25, 0.3) is 0 Å². The lowest BCUT2D eigenvalue weighted by Crippen LogP contribution is -2.34. The Morgan fingerprint density at radius 1 is 1.67 bits per heavy atom. The van der Waals surface area contributed by atoms with Gasteiger partial charge in [-0.2, -0.15) is 0 Å². The van der Waals surface area contributed by atoms with E-state index in [9.17, 15) is 4.79 Å². The lowest BCUT2D eigenvalue weighted by molar-refractivity contribution is -0.144. The third-order valence-corrected chi connectivity index (χ3v) is 2.44. The number of rotatable bonds is 4. The number of carbonyl (C=O) groups is 1. The molecule has 0 aliphatic heterocycles. The second-order valence-corrected chi connectivity index (χ2v) is 3.87. The van der Waals surface area contributed by atoms with E-state index in [0.717, 1.165) is 6.54 Å². The molecule has 1 rings (SSSR count). The predicted octanol–water partition coefficient (Wildman–Crippen LogP) is 0.938. The van der Waals surface area contributed by atoms with Crippen molar-refractivity contribution in [2.45, 2.75) is 32.2 Å². The van der Waals surface area contributed by atoms with E-state index < -0.39 is 0 Å². The molecule has 0 amide bonds. The molecule has 1 fully saturated rings. The first kappa shape index (κ1) is 9.52. The largest absolute Gasteiger partial charge is 0.469 e. The molecule has 1 aliphatic carbocycles. The van der Waals surface area contributed by atoms with Gasteiger partial charge >= 0.3 is 5.97 Å². The highest BCUT2D eigenvalue weighted by Crippen LogP contribution is 2.34. The van der Waals surface area contributed by atoms with Gasteiger partial charge in [0.05, 0.1) is 13.0 Å². The number of hydrogen-bond donors (Lipinski definition) is 1. The summed E-state index contributed by atoms with van der Waals surface area (Å²) in [6.45, 7) is 4.78. The Balaban J connectivity index is 2.17. The minimum atomic E-state index is -0.133. The van der Waals surface area contributed by atoms with E-state index in [0.29, 0.717) is 5.54 Å². The molecule has 0 heterocycles. The van der Waals surface area contributed by atoms with Gasteiger partial charge < -0.3 is 10.1 Å². The highest BCUT2D eigenvalue weighted by atomic mass is 16.5. The predicted molar refractivity (Wildman–Crippen MR) is 46.8 cm³/mol. The van der Waals surface area contributed by atoms with Crippen LogP contribution < -0.4 is 5.32 Å². The molecule has 3 heteroatoms. The normalized spacial score (nSPS) is 21.6. The standard InChI is InChI=1S/C9H17NO2/c1-7(8(11)12-3)6-10-9(2)4-5-9/h7,10H,4-6H2,1-3H3. The summed E-state index contributed by atoms with van der Waals surface area (Å²) in [7, 11) is 1.43. The van der Waals surface area contributed by atoms with Crippen LogP contribution in [0.3, 0.4) is 0 Å². The first-order chi connectivity index (χ1) is 5.57. The zero-order valence-corrected chi connectivity index (χ0v) is 8.02. The van der Waals surface area contributed by atoms with E-state index >= 15 is 0 Å². The van der Waals surface area contributed by atoms with E-state index in [-0.39, 0.29) is 11.9 Å². The van der Waals surface area contributed by atoms with Gasteiger partial charge in [-0.1, -0.05) is 6.92 Å². The Hall–Kier alpha value is -0.570. The maximum atomic E-state index is 11.0. The molecule has 0 saturated heterocycles. The lowest BCUT2D eigenvalue weighted by atomic mass is 10.1. The Bertz CT molecular complexity index is 175. The molecule has 0 spiro atoms. The summed E-state index contributed by atoms with van der Waals surface area (Å²) in [4.78, 5) is 11.0. The number of carbonyl (C=O) groups excluding carboxylic acids is 1. The number of nitrogens with one attached hydrogen (secondary N) is 1. The number of hydrogen-bond acceptors (Lipinski definition) is 3. The molecule has 0 bridgehead atoms. The van der Waals surface area contributed by atoms with Crippen molar-refractivity contribution in [3.63, 3.8) is 0 Å². The van der Waals surface area contributed by atoms with Crippen LogP contribution in [0.25, 0.3) is 0 Å². The average molecular weight is 171 g/mol. The van der Waals surface area contributed by atoms with Gasteiger partial charge in [0.1, 0.15) is 0 Å². The quantitative estimate of drug-likeness (QED) is 0.640. The molecule has 1 unspecified atom stereocenters. The summed E-state index contributed by atoms with van der Waals surface area (Å²) in [6.07, 6.45) is 2.45. The molecule has 3 nitrogen and oxygen atoms in total. The van der Waals surface area contributed by atoms with Gasteiger partial charge in [0, 0.05) is 12.1 Å². The molecule has 0 aromatic rings. The van der Waals surface area contributed by atoms with Crippen molar-refractivity contribution in [1.82, 2.24) is 5.32 Å². The number of ether oxygens (including phenoxy) is 1. The summed E-state index contributed by atoms with van der Waals surface area (Å²) >= 11 is 0. The Labute approximate surface area is 73.5 Å². The molecule has 12 heavy (non-hydrogen) atoms. The molecular weight excluding hydrogens is 154 g/mol. The Kier molecular flexibility index (Phi) is 2.73. The van der Waals surface area contributed by atoms with Crippen LogP contribution in [0, 0.1) is 5.92 Å². The molecule has 70 valence electrons. The van der Waals surface area contributed by atoms with E-state index in [1.165, 1.54) is 20.0 Å². The van der Waals surface area contributed by atoms with Crippen LogP contribution in [0.4, 0.5) is 0 Å². The highest BCUT2D eigenvalue weighted by molar-refractivity contribution is 5.72. The van der Waals surface area contributed by atoms with Crippen LogP contribution in [0.5, 0.6) is 0 Å². The molecule has 1 aliphatic rings. The van der Waals surface area contributed by atoms with Crippen molar-refractivity contribution < 1.29 is 9.53 Å². The summed E-state index contributed by atoms with van der Waals surface area (Å²) in [6, 6.07) is 0. The molecular formula is C9H17NO2. The highest BCUT2D eigenvalue weighted by Gasteiger charge is 2.37. The average Bonchev–Trinajstić information content (AvgIpc) is 2.79. The van der Waals surface area contributed by atoms with Crippen LogP contribution >= 0.6 is 0 Å². The molecule has 0 aromatic heterocycles. The van der Waals surface area contributed by atoms with Gasteiger partial charge in [-0.15, -0.1) is 0 Å². The van der Waals surface area contributed by atoms with Crippen LogP contribution in [0.2, 0.25) is 0 Å². The summed E-state index contributed by atoms with van der Waals surface area (Å²) in [5.41, 5.74) is 0.308. The monoisotopic (exact) mass is 171 g/mol. The van der Waals surface area contributed by atoms with Crippen LogP contribution in [0.1, 0.15) is 26.7 Å². The van der Waals surface area contributed by atoms with E-state index in [2.05, 4.69) is 17.0 Å². The fourth-order valence-corrected chi connectivity index (χ4v) is 1.05. The van der Waals surface area contributed by atoms with Crippen LogP contribution in [-0.2, 0) is 9.53 Å². The zero-order valence-electron chi connectivity index (χ0n) is 8.02. The van der Waals surface area contributed by atoms with Crippen LogP contribution in [0.15, 0.2) is 0 Å². The van der Waals surface area contributed by atoms with Crippen LogP contribution in [-0.4, -0.2) is 25.2 Å². The Morgan fingerprint density at radius 3 is 2.67 bits per heavy atom. The molecule has 0 radical (unpaired) electrons. The van der Waals surface area contributed by atoms with Crippen molar-refractivity contribution >= 4 is 5.97 Å². The van der Waals surface area contributed by atoms with Gasteiger partial charge in [0.2, 0.25) is 0 Å². The maximum Gasteiger partial charge on any atom is 0.309 e. The van der Waals surface area contributed by atoms with Crippen molar-refractivity contribution in [2.75, 3.05) is 13.7 Å². The molecule has 1 atom stereocenters. The molecule has 0 aromatic carbocycles. The van der Waals surface area contributed by atoms with E-state index in [1.54, 1.807) is 0 Å². The van der Waals surface area contributed by atoms with Gasteiger partial charge in [-0.25, -0.2) is 0 Å². The second kappa shape index (κ2) is 3.44. The minimum Gasteiger partial charge on any atom is -0.469 e. The summed E-state index contributed by atoms with van der Waals surface area (Å²) < 4.78 is 4.62. The third kappa shape index (κ3) is 2.48. The number of methoxy groups -OCH3 is 1.